The van der Waals surface area contributed by atoms with Gasteiger partial charge in [-0.3, -0.25) is 24.8 Å². The maximum Gasteiger partial charge on any atom is 0.279 e. The minimum absolute atomic E-state index is 0.102. The van der Waals surface area contributed by atoms with E-state index in [4.69, 9.17) is 0 Å². The van der Waals surface area contributed by atoms with Gasteiger partial charge in [-0.05, 0) is 5.56 Å². The van der Waals surface area contributed by atoms with Crippen LogP contribution in [0.3, 0.4) is 0 Å². The fourth-order valence-corrected chi connectivity index (χ4v) is 3.02. The van der Waals surface area contributed by atoms with E-state index in [0.717, 1.165) is 10.1 Å². The van der Waals surface area contributed by atoms with Crippen LogP contribution in [0.15, 0.2) is 57.6 Å². The van der Waals surface area contributed by atoms with Gasteiger partial charge in [-0.1, -0.05) is 30.3 Å². The normalized spacial score (nSPS) is 10.9. The standard InChI is InChI=1S/C16H11N5O3S/c22-11-8-10(9-4-2-1-3-5-9)18-13-12(15(24)20-21(11)13)14(23)19-16-17-6-7-25-16/h1-8,18H,(H,20,24)(H,17,19,23). The van der Waals surface area contributed by atoms with Gasteiger partial charge < -0.3 is 4.98 Å². The molecule has 0 aliphatic rings. The van der Waals surface area contributed by atoms with Crippen molar-refractivity contribution in [3.05, 3.63) is 74.2 Å². The molecular formula is C16H11N5O3S. The minimum Gasteiger partial charge on any atom is -0.339 e. The van der Waals surface area contributed by atoms with Gasteiger partial charge in [0.05, 0.1) is 5.69 Å². The highest BCUT2D eigenvalue weighted by molar-refractivity contribution is 7.13. The summed E-state index contributed by atoms with van der Waals surface area (Å²) in [5.41, 5.74) is 0.0936. The van der Waals surface area contributed by atoms with Crippen LogP contribution in [-0.4, -0.2) is 25.5 Å². The van der Waals surface area contributed by atoms with Crippen LogP contribution in [0.2, 0.25) is 0 Å². The monoisotopic (exact) mass is 353 g/mol. The number of benzene rings is 1. The summed E-state index contributed by atoms with van der Waals surface area (Å²) in [6, 6.07) is 10.5. The van der Waals surface area contributed by atoms with Crippen molar-refractivity contribution in [1.82, 2.24) is 19.6 Å². The third-order valence-corrected chi connectivity index (χ3v) is 4.30. The van der Waals surface area contributed by atoms with E-state index >= 15 is 0 Å². The molecule has 3 aromatic heterocycles. The average molecular weight is 353 g/mol. The van der Waals surface area contributed by atoms with E-state index in [0.29, 0.717) is 10.8 Å². The first-order valence-corrected chi connectivity index (χ1v) is 8.16. The van der Waals surface area contributed by atoms with Crippen LogP contribution in [0.4, 0.5) is 5.13 Å². The number of carbonyl (C=O) groups excluding carboxylic acids is 1. The zero-order chi connectivity index (χ0) is 17.4. The van der Waals surface area contributed by atoms with E-state index in [2.05, 4.69) is 20.4 Å². The fourth-order valence-electron chi connectivity index (χ4n) is 2.50. The number of carbonyl (C=O) groups is 1. The number of thiazole rings is 1. The molecule has 0 atom stereocenters. The lowest BCUT2D eigenvalue weighted by Crippen LogP contribution is -2.19. The number of rotatable bonds is 3. The van der Waals surface area contributed by atoms with Gasteiger partial charge in [0.2, 0.25) is 0 Å². The Bertz CT molecular complexity index is 1170. The van der Waals surface area contributed by atoms with Gasteiger partial charge in [0.25, 0.3) is 17.0 Å². The van der Waals surface area contributed by atoms with Gasteiger partial charge in [-0.25, -0.2) is 4.98 Å². The molecule has 0 aliphatic carbocycles. The molecule has 124 valence electrons. The molecule has 0 bridgehead atoms. The SMILES string of the molecule is O=C(Nc1nccs1)c1c(=O)[nH]n2c(=O)cc(-c3ccccc3)[nH]c12. The summed E-state index contributed by atoms with van der Waals surface area (Å²) in [7, 11) is 0. The number of aromatic amines is 2. The molecule has 3 heterocycles. The van der Waals surface area contributed by atoms with E-state index < -0.39 is 17.0 Å². The largest absolute Gasteiger partial charge is 0.339 e. The smallest absolute Gasteiger partial charge is 0.279 e. The molecule has 4 rings (SSSR count). The summed E-state index contributed by atoms with van der Waals surface area (Å²) >= 11 is 1.23. The van der Waals surface area contributed by atoms with E-state index in [1.54, 1.807) is 5.38 Å². The van der Waals surface area contributed by atoms with Crippen molar-refractivity contribution >= 4 is 28.0 Å². The van der Waals surface area contributed by atoms with Gasteiger partial charge in [0.15, 0.2) is 10.8 Å². The lowest BCUT2D eigenvalue weighted by Gasteiger charge is -2.04. The summed E-state index contributed by atoms with van der Waals surface area (Å²) in [5.74, 6) is -0.639. The van der Waals surface area contributed by atoms with Crippen molar-refractivity contribution in [2.75, 3.05) is 5.32 Å². The van der Waals surface area contributed by atoms with E-state index in [-0.39, 0.29) is 11.2 Å². The number of aromatic nitrogens is 4. The highest BCUT2D eigenvalue weighted by Crippen LogP contribution is 2.17. The van der Waals surface area contributed by atoms with Crippen molar-refractivity contribution in [2.45, 2.75) is 0 Å². The molecule has 9 heteroatoms. The van der Waals surface area contributed by atoms with Gasteiger partial charge >= 0.3 is 0 Å². The number of hydrogen-bond acceptors (Lipinski definition) is 5. The predicted molar refractivity (Wildman–Crippen MR) is 94.1 cm³/mol. The maximum atomic E-state index is 12.5. The Morgan fingerprint density at radius 3 is 2.72 bits per heavy atom. The molecular weight excluding hydrogens is 342 g/mol. The van der Waals surface area contributed by atoms with Crippen LogP contribution in [0.25, 0.3) is 16.9 Å². The molecule has 1 amide bonds. The number of nitrogens with zero attached hydrogens (tertiary/aromatic N) is 2. The third-order valence-electron chi connectivity index (χ3n) is 3.61. The van der Waals surface area contributed by atoms with Gasteiger partial charge in [-0.15, -0.1) is 11.3 Å². The Kier molecular flexibility index (Phi) is 3.55. The first kappa shape index (κ1) is 15.1. The van der Waals surface area contributed by atoms with Crippen LogP contribution in [0.5, 0.6) is 0 Å². The van der Waals surface area contributed by atoms with Gasteiger partial charge in [0, 0.05) is 17.6 Å². The second kappa shape index (κ2) is 5.87. The van der Waals surface area contributed by atoms with Crippen LogP contribution in [-0.2, 0) is 0 Å². The van der Waals surface area contributed by atoms with Crippen molar-refractivity contribution in [3.63, 3.8) is 0 Å². The Balaban J connectivity index is 1.88. The molecule has 0 spiro atoms. The first-order valence-electron chi connectivity index (χ1n) is 7.28. The quantitative estimate of drug-likeness (QED) is 0.520. The van der Waals surface area contributed by atoms with Crippen molar-refractivity contribution in [3.8, 4) is 11.3 Å². The van der Waals surface area contributed by atoms with E-state index in [1.165, 1.54) is 23.6 Å². The Morgan fingerprint density at radius 1 is 1.20 bits per heavy atom. The zero-order valence-electron chi connectivity index (χ0n) is 12.6. The number of H-pyrrole nitrogens is 2. The molecule has 0 saturated carbocycles. The highest BCUT2D eigenvalue weighted by Gasteiger charge is 2.20. The van der Waals surface area contributed by atoms with Crippen molar-refractivity contribution in [1.29, 1.82) is 0 Å². The summed E-state index contributed by atoms with van der Waals surface area (Å²) in [6.07, 6.45) is 1.54. The van der Waals surface area contributed by atoms with Crippen molar-refractivity contribution in [2.24, 2.45) is 0 Å². The lowest BCUT2D eigenvalue weighted by molar-refractivity contribution is 0.102. The molecule has 0 fully saturated rings. The Labute approximate surface area is 143 Å². The number of hydrogen-bond donors (Lipinski definition) is 3. The number of anilines is 1. The zero-order valence-corrected chi connectivity index (χ0v) is 13.5. The van der Waals surface area contributed by atoms with E-state index in [1.807, 2.05) is 30.3 Å². The van der Waals surface area contributed by atoms with Crippen LogP contribution in [0, 0.1) is 0 Å². The van der Waals surface area contributed by atoms with Gasteiger partial charge in [0.1, 0.15) is 5.56 Å². The third kappa shape index (κ3) is 2.66. The highest BCUT2D eigenvalue weighted by atomic mass is 32.1. The molecule has 8 nitrogen and oxygen atoms in total. The molecule has 4 aromatic rings. The summed E-state index contributed by atoms with van der Waals surface area (Å²) in [6.45, 7) is 0. The molecule has 3 N–H and O–H groups in total. The number of nitrogens with one attached hydrogen (secondary N) is 3. The predicted octanol–water partition coefficient (Wildman–Crippen LogP) is 1.69. The lowest BCUT2D eigenvalue weighted by atomic mass is 10.1. The molecule has 0 radical (unpaired) electrons. The molecule has 0 saturated heterocycles. The summed E-state index contributed by atoms with van der Waals surface area (Å²) in [5, 5.41) is 6.99. The number of amides is 1. The van der Waals surface area contributed by atoms with E-state index in [9.17, 15) is 14.4 Å². The van der Waals surface area contributed by atoms with Crippen molar-refractivity contribution < 1.29 is 4.79 Å². The van der Waals surface area contributed by atoms with Gasteiger partial charge in [-0.2, -0.15) is 4.52 Å². The second-order valence-corrected chi connectivity index (χ2v) is 6.07. The van der Waals surface area contributed by atoms with Crippen LogP contribution in [0.1, 0.15) is 10.4 Å². The Hall–Kier alpha value is -3.46. The molecule has 0 aliphatic heterocycles. The summed E-state index contributed by atoms with van der Waals surface area (Å²) < 4.78 is 1.02. The molecule has 0 unspecified atom stereocenters. The topological polar surface area (TPSA) is 112 Å². The molecule has 25 heavy (non-hydrogen) atoms. The maximum absolute atomic E-state index is 12.5. The summed E-state index contributed by atoms with van der Waals surface area (Å²) in [4.78, 5) is 43.9. The second-order valence-electron chi connectivity index (χ2n) is 5.18. The first-order chi connectivity index (χ1) is 12.1. The fraction of sp³-hybridized carbons (Fsp3) is 0. The number of fused-ring (bicyclic) bond motifs is 1. The van der Waals surface area contributed by atoms with Crippen LogP contribution >= 0.6 is 11.3 Å². The van der Waals surface area contributed by atoms with Crippen LogP contribution < -0.4 is 16.4 Å². The minimum atomic E-state index is -0.660. The average Bonchev–Trinajstić information content (AvgIpc) is 3.22. The molecule has 1 aromatic carbocycles. The Morgan fingerprint density at radius 2 is 2.00 bits per heavy atom.